The molecule has 0 amide bonds. The first-order valence-electron chi connectivity index (χ1n) is 6.20. The van der Waals surface area contributed by atoms with Gasteiger partial charge in [-0.1, -0.05) is 5.57 Å². The second-order valence-electron chi connectivity index (χ2n) is 4.69. The molecule has 0 radical (unpaired) electrons. The Labute approximate surface area is 90.5 Å². The minimum Gasteiger partial charge on any atom is -0.0705 e. The summed E-state index contributed by atoms with van der Waals surface area (Å²) in [6.07, 6.45) is 10.1. The standard InChI is InChI=1S/C13H26P/c1-5-14(6-2,7-3)11-13-10-8-9-12(13)4/h5-11H2,1-4H3/q+1. The molecule has 0 aliphatic heterocycles. The minimum atomic E-state index is -0.583. The smallest absolute Gasteiger partial charge is 0.0705 e. The first-order valence-corrected chi connectivity index (χ1v) is 8.73. The summed E-state index contributed by atoms with van der Waals surface area (Å²) < 4.78 is 0. The SMILES string of the molecule is CC[P+](CC)(CC)CC1=C(C)CCC1. The number of allylic oxidation sites excluding steroid dienone is 2. The average Bonchev–Trinajstić information content (AvgIpc) is 2.61. The molecule has 0 aromatic carbocycles. The van der Waals surface area contributed by atoms with Crippen LogP contribution in [0.5, 0.6) is 0 Å². The van der Waals surface area contributed by atoms with Crippen LogP contribution in [-0.2, 0) is 0 Å². The van der Waals surface area contributed by atoms with Gasteiger partial charge in [0.05, 0.1) is 24.6 Å². The summed E-state index contributed by atoms with van der Waals surface area (Å²) in [5.41, 5.74) is 3.56. The van der Waals surface area contributed by atoms with E-state index in [9.17, 15) is 0 Å². The van der Waals surface area contributed by atoms with Crippen LogP contribution in [0.4, 0.5) is 0 Å². The molecule has 0 heterocycles. The van der Waals surface area contributed by atoms with Crippen molar-refractivity contribution in [3.05, 3.63) is 11.1 Å². The monoisotopic (exact) mass is 213 g/mol. The molecule has 0 aromatic heterocycles. The third kappa shape index (κ3) is 2.60. The summed E-state index contributed by atoms with van der Waals surface area (Å²) >= 11 is 0. The third-order valence-corrected chi connectivity index (χ3v) is 9.25. The first kappa shape index (κ1) is 12.2. The van der Waals surface area contributed by atoms with Gasteiger partial charge in [-0.2, -0.15) is 0 Å². The summed E-state index contributed by atoms with van der Waals surface area (Å²) in [7, 11) is -0.583. The van der Waals surface area contributed by atoms with Gasteiger partial charge < -0.3 is 0 Å². The highest BCUT2D eigenvalue weighted by Gasteiger charge is 2.33. The summed E-state index contributed by atoms with van der Waals surface area (Å²) in [6, 6.07) is 0. The van der Waals surface area contributed by atoms with Crippen LogP contribution in [0.1, 0.15) is 47.0 Å². The molecule has 0 nitrogen and oxygen atoms in total. The molecule has 0 N–H and O–H groups in total. The van der Waals surface area contributed by atoms with Crippen molar-refractivity contribution >= 4 is 7.26 Å². The topological polar surface area (TPSA) is 0 Å². The Hall–Kier alpha value is 0.170. The molecular weight excluding hydrogens is 187 g/mol. The largest absolute Gasteiger partial charge is 0.0805 e. The van der Waals surface area contributed by atoms with Gasteiger partial charge in [-0.3, -0.25) is 0 Å². The molecule has 0 bridgehead atoms. The summed E-state index contributed by atoms with van der Waals surface area (Å²) in [5, 5.41) is 0. The zero-order valence-corrected chi connectivity index (χ0v) is 11.3. The van der Waals surface area contributed by atoms with Gasteiger partial charge in [-0.05, 0) is 52.5 Å². The van der Waals surface area contributed by atoms with E-state index >= 15 is 0 Å². The molecule has 0 atom stereocenters. The Morgan fingerprint density at radius 2 is 1.57 bits per heavy atom. The Kier molecular flexibility index (Phi) is 4.64. The van der Waals surface area contributed by atoms with E-state index in [1.54, 1.807) is 5.57 Å². The molecule has 0 aromatic rings. The average molecular weight is 213 g/mol. The number of hydrogen-bond acceptors (Lipinski definition) is 0. The molecule has 1 aliphatic carbocycles. The molecule has 1 rings (SSSR count). The highest BCUT2D eigenvalue weighted by atomic mass is 31.2. The lowest BCUT2D eigenvalue weighted by molar-refractivity contribution is 0.892. The fourth-order valence-corrected chi connectivity index (χ4v) is 5.83. The molecule has 0 unspecified atom stereocenters. The second kappa shape index (κ2) is 5.31. The molecule has 1 heteroatoms. The summed E-state index contributed by atoms with van der Waals surface area (Å²) in [6.45, 7) is 9.58. The highest BCUT2D eigenvalue weighted by molar-refractivity contribution is 7.76. The van der Waals surface area contributed by atoms with Crippen molar-refractivity contribution in [1.82, 2.24) is 0 Å². The van der Waals surface area contributed by atoms with Gasteiger partial charge >= 0.3 is 0 Å². The Morgan fingerprint density at radius 1 is 1.00 bits per heavy atom. The van der Waals surface area contributed by atoms with E-state index in [2.05, 4.69) is 27.7 Å². The van der Waals surface area contributed by atoms with Gasteiger partial charge in [0.15, 0.2) is 0 Å². The fourth-order valence-electron chi connectivity index (χ4n) is 2.58. The number of hydrogen-bond donors (Lipinski definition) is 0. The normalized spacial score (nSPS) is 18.0. The van der Waals surface area contributed by atoms with Crippen LogP contribution in [-0.4, -0.2) is 24.6 Å². The zero-order chi connectivity index (χ0) is 10.6. The minimum absolute atomic E-state index is 0.583. The van der Waals surface area contributed by atoms with Crippen LogP contribution < -0.4 is 0 Å². The summed E-state index contributed by atoms with van der Waals surface area (Å²) in [5.74, 6) is 0. The zero-order valence-electron chi connectivity index (χ0n) is 10.4. The van der Waals surface area contributed by atoms with Crippen LogP contribution in [0.15, 0.2) is 11.1 Å². The predicted octanol–water partition coefficient (Wildman–Crippen LogP) is 4.56. The van der Waals surface area contributed by atoms with Crippen molar-refractivity contribution < 1.29 is 0 Å². The fraction of sp³-hybridized carbons (Fsp3) is 0.846. The molecule has 1 aliphatic rings. The van der Waals surface area contributed by atoms with Crippen molar-refractivity contribution in [2.45, 2.75) is 47.0 Å². The van der Waals surface area contributed by atoms with E-state index in [0.29, 0.717) is 0 Å². The molecular formula is C13H26P+. The maximum absolute atomic E-state index is 2.41. The predicted molar refractivity (Wildman–Crippen MR) is 70.0 cm³/mol. The molecule has 0 saturated heterocycles. The van der Waals surface area contributed by atoms with E-state index in [4.69, 9.17) is 0 Å². The Morgan fingerprint density at radius 3 is 1.93 bits per heavy atom. The van der Waals surface area contributed by atoms with E-state index in [-0.39, 0.29) is 0 Å². The molecule has 0 saturated carbocycles. The van der Waals surface area contributed by atoms with Gasteiger partial charge in [-0.25, -0.2) is 0 Å². The van der Waals surface area contributed by atoms with Crippen LogP contribution in [0.2, 0.25) is 0 Å². The first-order chi connectivity index (χ1) is 6.67. The summed E-state index contributed by atoms with van der Waals surface area (Å²) in [4.78, 5) is 0. The van der Waals surface area contributed by atoms with E-state index in [1.807, 2.05) is 5.57 Å². The van der Waals surface area contributed by atoms with Gasteiger partial charge in [-0.15, -0.1) is 0 Å². The van der Waals surface area contributed by atoms with Crippen LogP contribution in [0, 0.1) is 0 Å². The van der Waals surface area contributed by atoms with Crippen molar-refractivity contribution in [1.29, 1.82) is 0 Å². The van der Waals surface area contributed by atoms with E-state index in [1.165, 1.54) is 43.9 Å². The lowest BCUT2D eigenvalue weighted by Gasteiger charge is -2.24. The van der Waals surface area contributed by atoms with Crippen molar-refractivity contribution in [3.63, 3.8) is 0 Å². The molecule has 0 spiro atoms. The number of rotatable bonds is 5. The third-order valence-electron chi connectivity index (χ3n) is 4.17. The van der Waals surface area contributed by atoms with Crippen LogP contribution in [0.3, 0.4) is 0 Å². The maximum atomic E-state index is 2.41. The second-order valence-corrected chi connectivity index (χ2v) is 9.58. The van der Waals surface area contributed by atoms with Gasteiger partial charge in [0.1, 0.15) is 0 Å². The quantitative estimate of drug-likeness (QED) is 0.464. The van der Waals surface area contributed by atoms with Crippen molar-refractivity contribution in [2.24, 2.45) is 0 Å². The Balaban J connectivity index is 2.68. The van der Waals surface area contributed by atoms with Crippen molar-refractivity contribution in [2.75, 3.05) is 24.6 Å². The van der Waals surface area contributed by atoms with Gasteiger partial charge in [0.2, 0.25) is 0 Å². The van der Waals surface area contributed by atoms with Crippen LogP contribution >= 0.6 is 7.26 Å². The van der Waals surface area contributed by atoms with Gasteiger partial charge in [0.25, 0.3) is 0 Å². The van der Waals surface area contributed by atoms with Crippen LogP contribution in [0.25, 0.3) is 0 Å². The maximum Gasteiger partial charge on any atom is 0.0805 e. The van der Waals surface area contributed by atoms with E-state index < -0.39 is 7.26 Å². The van der Waals surface area contributed by atoms with Crippen molar-refractivity contribution in [3.8, 4) is 0 Å². The molecule has 0 fully saturated rings. The molecule has 82 valence electrons. The van der Waals surface area contributed by atoms with Gasteiger partial charge in [0, 0.05) is 7.26 Å². The lowest BCUT2D eigenvalue weighted by atomic mass is 10.2. The Bertz CT molecular complexity index is 203. The lowest BCUT2D eigenvalue weighted by Crippen LogP contribution is -2.09. The molecule has 14 heavy (non-hydrogen) atoms. The van der Waals surface area contributed by atoms with E-state index in [0.717, 1.165) is 0 Å². The highest BCUT2D eigenvalue weighted by Crippen LogP contribution is 2.60.